The third kappa shape index (κ3) is 3.57. The lowest BCUT2D eigenvalue weighted by molar-refractivity contribution is -0.125. The van der Waals surface area contributed by atoms with Crippen LogP contribution in [0.25, 0.3) is 0 Å². The standard InChI is InChI=1S/C19H22ClN5O2/c1-24-10-12(7-22-24)14-8-21-9-15(14)19(27)23-13-6-18(26)25(11-13)17-5-3-2-4-16(17)20/h2-5,7,10,13-15,21H,6,8-9,11H2,1H3,(H,23,27)/t13?,14-,15+/m1/s1. The summed E-state index contributed by atoms with van der Waals surface area (Å²) in [6.07, 6.45) is 4.06. The molecule has 3 heterocycles. The smallest absolute Gasteiger partial charge is 0.229 e. The number of aryl methyl sites for hydroxylation is 1. The van der Waals surface area contributed by atoms with Gasteiger partial charge >= 0.3 is 0 Å². The Morgan fingerprint density at radius 1 is 1.33 bits per heavy atom. The van der Waals surface area contributed by atoms with Crippen LogP contribution in [0.15, 0.2) is 36.7 Å². The first-order chi connectivity index (χ1) is 13.0. The van der Waals surface area contributed by atoms with Gasteiger partial charge in [0.15, 0.2) is 0 Å². The number of nitrogens with one attached hydrogen (secondary N) is 2. The fourth-order valence-electron chi connectivity index (χ4n) is 3.95. The van der Waals surface area contributed by atoms with Crippen molar-refractivity contribution in [2.75, 3.05) is 24.5 Å². The zero-order valence-electron chi connectivity index (χ0n) is 15.1. The lowest BCUT2D eigenvalue weighted by atomic mass is 9.90. The van der Waals surface area contributed by atoms with Crippen molar-refractivity contribution >= 4 is 29.1 Å². The predicted octanol–water partition coefficient (Wildman–Crippen LogP) is 1.30. The van der Waals surface area contributed by atoms with Gasteiger partial charge in [0.2, 0.25) is 11.8 Å². The van der Waals surface area contributed by atoms with Crippen LogP contribution in [0.4, 0.5) is 5.69 Å². The summed E-state index contributed by atoms with van der Waals surface area (Å²) in [5.74, 6) is -0.122. The summed E-state index contributed by atoms with van der Waals surface area (Å²) < 4.78 is 1.75. The number of benzene rings is 1. The Morgan fingerprint density at radius 2 is 2.15 bits per heavy atom. The van der Waals surface area contributed by atoms with E-state index >= 15 is 0 Å². The Kier molecular flexibility index (Phi) is 4.88. The molecule has 2 saturated heterocycles. The van der Waals surface area contributed by atoms with Gasteiger partial charge in [-0.2, -0.15) is 5.10 Å². The van der Waals surface area contributed by atoms with Gasteiger partial charge in [0.1, 0.15) is 0 Å². The van der Waals surface area contributed by atoms with Crippen molar-refractivity contribution in [3.8, 4) is 0 Å². The van der Waals surface area contributed by atoms with Crippen LogP contribution in [0.3, 0.4) is 0 Å². The number of halogens is 1. The van der Waals surface area contributed by atoms with Crippen molar-refractivity contribution < 1.29 is 9.59 Å². The van der Waals surface area contributed by atoms with E-state index in [4.69, 9.17) is 11.6 Å². The predicted molar refractivity (Wildman–Crippen MR) is 103 cm³/mol. The summed E-state index contributed by atoms with van der Waals surface area (Å²) in [6.45, 7) is 1.81. The maximum Gasteiger partial charge on any atom is 0.229 e. The van der Waals surface area contributed by atoms with Gasteiger partial charge in [-0.15, -0.1) is 0 Å². The molecule has 0 spiro atoms. The lowest BCUT2D eigenvalue weighted by Gasteiger charge is -2.21. The molecule has 4 rings (SSSR count). The van der Waals surface area contributed by atoms with E-state index in [1.807, 2.05) is 37.6 Å². The van der Waals surface area contributed by atoms with E-state index in [1.54, 1.807) is 15.6 Å². The molecule has 0 bridgehead atoms. The Bertz CT molecular complexity index is 867. The number of aromatic nitrogens is 2. The van der Waals surface area contributed by atoms with Gasteiger partial charge in [0.05, 0.1) is 28.9 Å². The monoisotopic (exact) mass is 387 g/mol. The first-order valence-electron chi connectivity index (χ1n) is 9.07. The highest BCUT2D eigenvalue weighted by molar-refractivity contribution is 6.33. The van der Waals surface area contributed by atoms with Crippen LogP contribution in [0.1, 0.15) is 17.9 Å². The van der Waals surface area contributed by atoms with Crippen molar-refractivity contribution in [1.29, 1.82) is 0 Å². The number of rotatable bonds is 4. The number of carbonyl (C=O) groups is 2. The van der Waals surface area contributed by atoms with Crippen LogP contribution in [-0.4, -0.2) is 47.3 Å². The van der Waals surface area contributed by atoms with Crippen LogP contribution in [0, 0.1) is 5.92 Å². The van der Waals surface area contributed by atoms with Crippen LogP contribution >= 0.6 is 11.6 Å². The second-order valence-electron chi connectivity index (χ2n) is 7.18. The molecule has 0 radical (unpaired) electrons. The molecule has 0 saturated carbocycles. The third-order valence-electron chi connectivity index (χ3n) is 5.32. The highest BCUT2D eigenvalue weighted by Gasteiger charge is 2.38. The molecular formula is C19H22ClN5O2. The highest BCUT2D eigenvalue weighted by Crippen LogP contribution is 2.30. The summed E-state index contributed by atoms with van der Waals surface area (Å²) in [5.41, 5.74) is 1.75. The first kappa shape index (κ1) is 18.0. The minimum absolute atomic E-state index is 0.0207. The van der Waals surface area contributed by atoms with Gasteiger partial charge in [0.25, 0.3) is 0 Å². The van der Waals surface area contributed by atoms with Gasteiger partial charge in [0, 0.05) is 45.2 Å². The topological polar surface area (TPSA) is 79.3 Å². The minimum Gasteiger partial charge on any atom is -0.351 e. The quantitative estimate of drug-likeness (QED) is 0.828. The number of carbonyl (C=O) groups excluding carboxylic acids is 2. The average Bonchev–Trinajstić information content (AvgIpc) is 3.35. The highest BCUT2D eigenvalue weighted by atomic mass is 35.5. The summed E-state index contributed by atoms with van der Waals surface area (Å²) in [6, 6.07) is 7.06. The van der Waals surface area contributed by atoms with Crippen molar-refractivity contribution in [3.63, 3.8) is 0 Å². The Morgan fingerprint density at radius 3 is 2.89 bits per heavy atom. The van der Waals surface area contributed by atoms with Crippen molar-refractivity contribution in [2.24, 2.45) is 13.0 Å². The summed E-state index contributed by atoms with van der Waals surface area (Å²) in [7, 11) is 1.87. The molecule has 27 heavy (non-hydrogen) atoms. The fourth-order valence-corrected chi connectivity index (χ4v) is 4.19. The molecule has 142 valence electrons. The molecule has 1 aromatic heterocycles. The van der Waals surface area contributed by atoms with Crippen molar-refractivity contribution in [1.82, 2.24) is 20.4 Å². The SMILES string of the molecule is Cn1cc([C@H]2CNC[C@@H]2C(=O)NC2CC(=O)N(c3ccccc3Cl)C2)cn1. The zero-order chi connectivity index (χ0) is 19.0. The number of amides is 2. The zero-order valence-corrected chi connectivity index (χ0v) is 15.8. The van der Waals surface area contributed by atoms with Crippen molar-refractivity contribution in [2.45, 2.75) is 18.4 Å². The largest absolute Gasteiger partial charge is 0.351 e. The first-order valence-corrected chi connectivity index (χ1v) is 9.45. The molecule has 0 aliphatic carbocycles. The van der Waals surface area contributed by atoms with Crippen LogP contribution in [0.2, 0.25) is 5.02 Å². The molecule has 2 aliphatic heterocycles. The maximum atomic E-state index is 12.9. The second-order valence-corrected chi connectivity index (χ2v) is 7.59. The van der Waals surface area contributed by atoms with E-state index in [2.05, 4.69) is 15.7 Å². The van der Waals surface area contributed by atoms with Gasteiger partial charge in [-0.25, -0.2) is 0 Å². The Hall–Kier alpha value is -2.38. The molecule has 2 amide bonds. The summed E-state index contributed by atoms with van der Waals surface area (Å²) in [4.78, 5) is 26.9. The molecule has 2 fully saturated rings. The third-order valence-corrected chi connectivity index (χ3v) is 5.64. The Labute approximate surface area is 162 Å². The molecule has 3 atom stereocenters. The maximum absolute atomic E-state index is 12.9. The number of anilines is 1. The minimum atomic E-state index is -0.212. The molecule has 2 aliphatic rings. The molecule has 2 aromatic rings. The van der Waals surface area contributed by atoms with Crippen LogP contribution in [-0.2, 0) is 16.6 Å². The summed E-state index contributed by atoms with van der Waals surface area (Å²) in [5, 5.41) is 11.1. The molecule has 2 N–H and O–H groups in total. The Balaban J connectivity index is 1.43. The van der Waals surface area contributed by atoms with E-state index in [9.17, 15) is 9.59 Å². The van der Waals surface area contributed by atoms with E-state index in [-0.39, 0.29) is 36.1 Å². The number of hydrogen-bond acceptors (Lipinski definition) is 4. The van der Waals surface area contributed by atoms with E-state index in [1.165, 1.54) is 0 Å². The number of hydrogen-bond donors (Lipinski definition) is 2. The fraction of sp³-hybridized carbons (Fsp3) is 0.421. The summed E-state index contributed by atoms with van der Waals surface area (Å²) >= 11 is 6.22. The van der Waals surface area contributed by atoms with Gasteiger partial charge < -0.3 is 15.5 Å². The lowest BCUT2D eigenvalue weighted by Crippen LogP contribution is -2.42. The van der Waals surface area contributed by atoms with Gasteiger partial charge in [-0.3, -0.25) is 14.3 Å². The van der Waals surface area contributed by atoms with Gasteiger partial charge in [-0.05, 0) is 17.7 Å². The molecule has 7 nitrogen and oxygen atoms in total. The van der Waals surface area contributed by atoms with E-state index in [0.29, 0.717) is 23.8 Å². The second kappa shape index (κ2) is 7.32. The normalized spacial score (nSPS) is 25.2. The van der Waals surface area contributed by atoms with Gasteiger partial charge in [-0.1, -0.05) is 23.7 Å². The average molecular weight is 388 g/mol. The molecular weight excluding hydrogens is 366 g/mol. The number of nitrogens with zero attached hydrogens (tertiary/aromatic N) is 3. The van der Waals surface area contributed by atoms with E-state index < -0.39 is 0 Å². The van der Waals surface area contributed by atoms with E-state index in [0.717, 1.165) is 12.1 Å². The molecule has 1 aromatic carbocycles. The van der Waals surface area contributed by atoms with Crippen LogP contribution < -0.4 is 15.5 Å². The number of para-hydroxylation sites is 1. The van der Waals surface area contributed by atoms with Crippen LogP contribution in [0.5, 0.6) is 0 Å². The molecule has 8 heteroatoms. The van der Waals surface area contributed by atoms with Crippen molar-refractivity contribution in [3.05, 3.63) is 47.2 Å². The molecule has 1 unspecified atom stereocenters.